The average Bonchev–Trinajstić information content (AvgIpc) is 3.09. The zero-order valence-electron chi connectivity index (χ0n) is 13.1. The molecule has 0 aliphatic heterocycles. The van der Waals surface area contributed by atoms with Gasteiger partial charge >= 0.3 is 0 Å². The molecule has 0 atom stereocenters. The number of para-hydroxylation sites is 1. The van der Waals surface area contributed by atoms with Crippen LogP contribution in [0.15, 0.2) is 60.9 Å². The van der Waals surface area contributed by atoms with E-state index < -0.39 is 0 Å². The molecule has 24 heavy (non-hydrogen) atoms. The topological polar surface area (TPSA) is 76.4 Å². The standard InChI is InChI=1S/C18H17N3O3/c1-24-15-7-8-16(17(22)9-15)18(23)19-10-13-11-20-21(12-13)14-5-3-2-4-6-14/h2-9,11-12,22H,10H2,1H3,(H,19,23). The minimum atomic E-state index is -0.359. The molecule has 2 N–H and O–H groups in total. The normalized spacial score (nSPS) is 10.4. The van der Waals surface area contributed by atoms with E-state index in [-0.39, 0.29) is 17.2 Å². The number of hydrogen-bond donors (Lipinski definition) is 2. The fourth-order valence-electron chi connectivity index (χ4n) is 2.28. The lowest BCUT2D eigenvalue weighted by molar-refractivity contribution is 0.0948. The minimum absolute atomic E-state index is 0.119. The summed E-state index contributed by atoms with van der Waals surface area (Å²) < 4.78 is 6.74. The maximum absolute atomic E-state index is 12.2. The fraction of sp³-hybridized carbons (Fsp3) is 0.111. The number of phenolic OH excluding ortho intramolecular Hbond substituents is 1. The number of ether oxygens (including phenoxy) is 1. The first-order valence-electron chi connectivity index (χ1n) is 7.41. The van der Waals surface area contributed by atoms with Crippen molar-refractivity contribution in [3.63, 3.8) is 0 Å². The van der Waals surface area contributed by atoms with Crippen molar-refractivity contribution in [3.05, 3.63) is 72.1 Å². The number of hydrogen-bond acceptors (Lipinski definition) is 4. The summed E-state index contributed by atoms with van der Waals surface area (Å²) in [7, 11) is 1.50. The first-order valence-corrected chi connectivity index (χ1v) is 7.41. The van der Waals surface area contributed by atoms with Gasteiger partial charge in [0.25, 0.3) is 5.91 Å². The van der Waals surface area contributed by atoms with Crippen LogP contribution >= 0.6 is 0 Å². The van der Waals surface area contributed by atoms with Crippen LogP contribution in [-0.2, 0) is 6.54 Å². The third kappa shape index (κ3) is 3.38. The lowest BCUT2D eigenvalue weighted by atomic mass is 10.1. The zero-order valence-corrected chi connectivity index (χ0v) is 13.1. The van der Waals surface area contributed by atoms with Crippen molar-refractivity contribution in [2.75, 3.05) is 7.11 Å². The summed E-state index contributed by atoms with van der Waals surface area (Å²) >= 11 is 0. The average molecular weight is 323 g/mol. The highest BCUT2D eigenvalue weighted by molar-refractivity contribution is 5.96. The highest BCUT2D eigenvalue weighted by Crippen LogP contribution is 2.23. The third-order valence-electron chi connectivity index (χ3n) is 3.56. The van der Waals surface area contributed by atoms with Crippen LogP contribution in [0.2, 0.25) is 0 Å². The number of benzene rings is 2. The summed E-state index contributed by atoms with van der Waals surface area (Å²) in [4.78, 5) is 12.2. The van der Waals surface area contributed by atoms with E-state index in [0.29, 0.717) is 12.3 Å². The molecule has 0 unspecified atom stereocenters. The van der Waals surface area contributed by atoms with Gasteiger partial charge in [0.05, 0.1) is 24.6 Å². The van der Waals surface area contributed by atoms with Crippen molar-refractivity contribution >= 4 is 5.91 Å². The smallest absolute Gasteiger partial charge is 0.255 e. The van der Waals surface area contributed by atoms with Gasteiger partial charge in [-0.05, 0) is 24.3 Å². The van der Waals surface area contributed by atoms with Crippen molar-refractivity contribution in [1.29, 1.82) is 0 Å². The van der Waals surface area contributed by atoms with Crippen molar-refractivity contribution in [3.8, 4) is 17.2 Å². The molecular weight excluding hydrogens is 306 g/mol. The number of rotatable bonds is 5. The van der Waals surface area contributed by atoms with Gasteiger partial charge in [0, 0.05) is 24.4 Å². The Morgan fingerprint density at radius 3 is 2.75 bits per heavy atom. The molecule has 0 saturated heterocycles. The first-order chi connectivity index (χ1) is 11.7. The molecule has 0 saturated carbocycles. The van der Waals surface area contributed by atoms with Crippen molar-refractivity contribution in [2.45, 2.75) is 6.54 Å². The third-order valence-corrected chi connectivity index (χ3v) is 3.56. The van der Waals surface area contributed by atoms with Crippen molar-refractivity contribution in [1.82, 2.24) is 15.1 Å². The van der Waals surface area contributed by atoms with Crippen LogP contribution in [0.1, 0.15) is 15.9 Å². The molecule has 0 spiro atoms. The van der Waals surface area contributed by atoms with E-state index >= 15 is 0 Å². The van der Waals surface area contributed by atoms with E-state index in [1.807, 2.05) is 36.5 Å². The van der Waals surface area contributed by atoms with E-state index in [1.54, 1.807) is 16.9 Å². The van der Waals surface area contributed by atoms with Crippen LogP contribution < -0.4 is 10.1 Å². The van der Waals surface area contributed by atoms with Gasteiger partial charge in [0.15, 0.2) is 0 Å². The van der Waals surface area contributed by atoms with E-state index in [1.165, 1.54) is 19.2 Å². The van der Waals surface area contributed by atoms with Crippen LogP contribution in [0.3, 0.4) is 0 Å². The van der Waals surface area contributed by atoms with Crippen LogP contribution in [0, 0.1) is 0 Å². The Balaban J connectivity index is 1.66. The summed E-state index contributed by atoms with van der Waals surface area (Å²) in [5.74, 6) is 0.0163. The van der Waals surface area contributed by atoms with Crippen LogP contribution in [0.25, 0.3) is 5.69 Å². The summed E-state index contributed by atoms with van der Waals surface area (Å²) in [5.41, 5.74) is 2.01. The molecule has 0 fully saturated rings. The van der Waals surface area contributed by atoms with Gasteiger partial charge in [-0.2, -0.15) is 5.10 Å². The summed E-state index contributed by atoms with van der Waals surface area (Å²) in [6.45, 7) is 0.317. The van der Waals surface area contributed by atoms with Crippen LogP contribution in [0.5, 0.6) is 11.5 Å². The number of carbonyl (C=O) groups excluding carboxylic acids is 1. The van der Waals surface area contributed by atoms with Gasteiger partial charge in [0.1, 0.15) is 11.5 Å². The maximum Gasteiger partial charge on any atom is 0.255 e. The fourth-order valence-corrected chi connectivity index (χ4v) is 2.28. The number of aromatic hydroxyl groups is 1. The maximum atomic E-state index is 12.2. The molecule has 1 amide bonds. The number of amides is 1. The quantitative estimate of drug-likeness (QED) is 0.756. The Hall–Kier alpha value is -3.28. The minimum Gasteiger partial charge on any atom is -0.507 e. The highest BCUT2D eigenvalue weighted by Gasteiger charge is 2.12. The number of carbonyl (C=O) groups is 1. The molecule has 3 aromatic rings. The number of methoxy groups -OCH3 is 1. The zero-order chi connectivity index (χ0) is 16.9. The van der Waals surface area contributed by atoms with Crippen molar-refractivity contribution in [2.24, 2.45) is 0 Å². The predicted octanol–water partition coefficient (Wildman–Crippen LogP) is 2.52. The Kier molecular flexibility index (Phi) is 4.47. The number of nitrogens with one attached hydrogen (secondary N) is 1. The van der Waals surface area contributed by atoms with Gasteiger partial charge < -0.3 is 15.2 Å². The summed E-state index contributed by atoms with van der Waals surface area (Å²) in [6.07, 6.45) is 3.55. The van der Waals surface area contributed by atoms with Crippen LogP contribution in [-0.4, -0.2) is 27.9 Å². The number of nitrogens with zero attached hydrogens (tertiary/aromatic N) is 2. The van der Waals surface area contributed by atoms with E-state index in [9.17, 15) is 9.90 Å². The van der Waals surface area contributed by atoms with E-state index in [2.05, 4.69) is 10.4 Å². The molecule has 6 nitrogen and oxygen atoms in total. The number of phenols is 1. The molecule has 2 aromatic carbocycles. The summed E-state index contributed by atoms with van der Waals surface area (Å²) in [5, 5.41) is 16.9. The number of aromatic nitrogens is 2. The molecule has 1 aromatic heterocycles. The second kappa shape index (κ2) is 6.87. The van der Waals surface area contributed by atoms with Gasteiger partial charge in [-0.15, -0.1) is 0 Å². The van der Waals surface area contributed by atoms with Gasteiger partial charge in [-0.25, -0.2) is 4.68 Å². The monoisotopic (exact) mass is 323 g/mol. The SMILES string of the molecule is COc1ccc(C(=O)NCc2cnn(-c3ccccc3)c2)c(O)c1. The van der Waals surface area contributed by atoms with Crippen LogP contribution in [0.4, 0.5) is 0 Å². The molecule has 1 heterocycles. The lowest BCUT2D eigenvalue weighted by Gasteiger charge is -2.07. The Morgan fingerprint density at radius 1 is 1.25 bits per heavy atom. The molecule has 3 rings (SSSR count). The highest BCUT2D eigenvalue weighted by atomic mass is 16.5. The van der Waals surface area contributed by atoms with Gasteiger partial charge in [-0.1, -0.05) is 18.2 Å². The Morgan fingerprint density at radius 2 is 2.04 bits per heavy atom. The van der Waals surface area contributed by atoms with Crippen molar-refractivity contribution < 1.29 is 14.6 Å². The molecular formula is C18H17N3O3. The molecule has 0 radical (unpaired) electrons. The van der Waals surface area contributed by atoms with E-state index in [0.717, 1.165) is 11.3 Å². The Labute approximate surface area is 139 Å². The predicted molar refractivity (Wildman–Crippen MR) is 89.4 cm³/mol. The summed E-state index contributed by atoms with van der Waals surface area (Å²) in [6, 6.07) is 14.3. The molecule has 6 heteroatoms. The van der Waals surface area contributed by atoms with E-state index in [4.69, 9.17) is 4.74 Å². The first kappa shape index (κ1) is 15.6. The second-order valence-corrected chi connectivity index (χ2v) is 5.19. The lowest BCUT2D eigenvalue weighted by Crippen LogP contribution is -2.22. The largest absolute Gasteiger partial charge is 0.507 e. The van der Waals surface area contributed by atoms with Gasteiger partial charge in [-0.3, -0.25) is 4.79 Å². The Bertz CT molecular complexity index is 844. The second-order valence-electron chi connectivity index (χ2n) is 5.19. The molecule has 122 valence electrons. The molecule has 0 aliphatic carbocycles. The molecule has 0 aliphatic rings. The molecule has 0 bridgehead atoms. The van der Waals surface area contributed by atoms with Gasteiger partial charge in [0.2, 0.25) is 0 Å².